The molecule has 0 saturated heterocycles. The standard InChI is InChI=1S/C22H25FN6O4S/c1-6-9-24-21(30)14(3)33-18-10-15(23)7-8-17(18)27-20-19-13(2)16(11-29(19)26-12-25-20)22(31)28-34(4,5)32/h6-8,10-12,14H,1,4,9H2,2-3,5H3,(H,24,30)(H,25,26,27)(H,28,31,32). The van der Waals surface area contributed by atoms with E-state index in [9.17, 15) is 18.2 Å². The third-order valence-corrected chi connectivity index (χ3v) is 5.29. The summed E-state index contributed by atoms with van der Waals surface area (Å²) in [7, 11) is -2.77. The van der Waals surface area contributed by atoms with Crippen LogP contribution in [-0.4, -0.2) is 55.4 Å². The number of ether oxygens (including phenoxy) is 1. The molecule has 0 aliphatic carbocycles. The van der Waals surface area contributed by atoms with Crippen molar-refractivity contribution in [2.24, 2.45) is 0 Å². The number of fused-ring (bicyclic) bond motifs is 1. The molecule has 3 N–H and O–H groups in total. The van der Waals surface area contributed by atoms with Gasteiger partial charge in [0.05, 0.1) is 11.3 Å². The fraction of sp³-hybridized carbons (Fsp3) is 0.227. The Bertz CT molecular complexity index is 1370. The lowest BCUT2D eigenvalue weighted by atomic mass is 10.2. The van der Waals surface area contributed by atoms with Crippen LogP contribution in [0, 0.1) is 12.7 Å². The monoisotopic (exact) mass is 488 g/mol. The maximum Gasteiger partial charge on any atom is 0.264 e. The number of hydrogen-bond acceptors (Lipinski definition) is 7. The molecule has 3 aromatic rings. The first-order valence-corrected chi connectivity index (χ1v) is 12.2. The molecule has 0 bridgehead atoms. The summed E-state index contributed by atoms with van der Waals surface area (Å²) in [5.74, 6) is 2.31. The van der Waals surface area contributed by atoms with Gasteiger partial charge in [-0.2, -0.15) is 5.10 Å². The summed E-state index contributed by atoms with van der Waals surface area (Å²) in [4.78, 5) is 29.0. The number of nitrogens with zero attached hydrogens (tertiary/aromatic N) is 3. The summed E-state index contributed by atoms with van der Waals surface area (Å²) in [6.45, 7) is 7.03. The fourth-order valence-electron chi connectivity index (χ4n) is 3.12. The first kappa shape index (κ1) is 24.7. The van der Waals surface area contributed by atoms with Crippen molar-refractivity contribution in [3.8, 4) is 5.75 Å². The van der Waals surface area contributed by atoms with E-state index in [1.54, 1.807) is 6.92 Å². The van der Waals surface area contributed by atoms with Gasteiger partial charge in [0, 0.05) is 34.8 Å². The number of nitrogens with one attached hydrogen (secondary N) is 3. The highest BCUT2D eigenvalue weighted by Crippen LogP contribution is 2.32. The smallest absolute Gasteiger partial charge is 0.264 e. The lowest BCUT2D eigenvalue weighted by molar-refractivity contribution is -0.127. The Morgan fingerprint density at radius 3 is 2.79 bits per heavy atom. The van der Waals surface area contributed by atoms with E-state index in [2.05, 4.69) is 37.9 Å². The highest BCUT2D eigenvalue weighted by Gasteiger charge is 2.21. The van der Waals surface area contributed by atoms with Gasteiger partial charge in [0.15, 0.2) is 11.9 Å². The maximum atomic E-state index is 14.0. The van der Waals surface area contributed by atoms with Crippen LogP contribution in [0.3, 0.4) is 0 Å². The van der Waals surface area contributed by atoms with Crippen molar-refractivity contribution in [3.63, 3.8) is 0 Å². The number of anilines is 2. The molecule has 0 saturated carbocycles. The number of halogens is 1. The van der Waals surface area contributed by atoms with E-state index in [4.69, 9.17) is 4.74 Å². The molecule has 180 valence electrons. The molecule has 2 atom stereocenters. The number of carbonyl (C=O) groups excluding carboxylic acids is 2. The summed E-state index contributed by atoms with van der Waals surface area (Å²) in [5, 5.41) is 9.80. The summed E-state index contributed by atoms with van der Waals surface area (Å²) >= 11 is 0. The van der Waals surface area contributed by atoms with Gasteiger partial charge in [0.25, 0.3) is 11.8 Å². The van der Waals surface area contributed by atoms with Crippen molar-refractivity contribution >= 4 is 44.4 Å². The van der Waals surface area contributed by atoms with Crippen LogP contribution in [-0.2, 0) is 14.5 Å². The van der Waals surface area contributed by atoms with Crippen LogP contribution in [0.25, 0.3) is 5.52 Å². The van der Waals surface area contributed by atoms with Crippen LogP contribution in [0.15, 0.2) is 43.4 Å². The summed E-state index contributed by atoms with van der Waals surface area (Å²) in [5.41, 5.74) is 1.56. The number of aryl methyl sites for hydroxylation is 1. The van der Waals surface area contributed by atoms with E-state index in [0.717, 1.165) is 6.07 Å². The van der Waals surface area contributed by atoms with Gasteiger partial charge in [-0.3, -0.25) is 14.3 Å². The SMILES string of the molecule is C=CCNC(=O)C(C)Oc1cc(F)ccc1Nc1ncnn2cc(C(=O)NS(=C)(C)=O)c(C)c12. The zero-order valence-corrected chi connectivity index (χ0v) is 19.7. The molecular weight excluding hydrogens is 463 g/mol. The zero-order valence-electron chi connectivity index (χ0n) is 18.9. The number of aromatic nitrogens is 3. The molecule has 0 fully saturated rings. The minimum atomic E-state index is -2.77. The Morgan fingerprint density at radius 2 is 2.12 bits per heavy atom. The lowest BCUT2D eigenvalue weighted by Crippen LogP contribution is -2.36. The molecule has 12 heteroatoms. The molecule has 2 heterocycles. The molecule has 0 spiro atoms. The Labute approximate surface area is 196 Å². The van der Waals surface area contributed by atoms with E-state index in [1.165, 1.54) is 48.4 Å². The quantitative estimate of drug-likeness (QED) is 0.311. The molecule has 2 aromatic heterocycles. The predicted molar refractivity (Wildman–Crippen MR) is 129 cm³/mol. The summed E-state index contributed by atoms with van der Waals surface area (Å²) in [6, 6.07) is 3.82. The zero-order chi connectivity index (χ0) is 25.0. The van der Waals surface area contributed by atoms with Crippen molar-refractivity contribution < 1.29 is 22.9 Å². The molecule has 34 heavy (non-hydrogen) atoms. The maximum absolute atomic E-state index is 14.0. The number of benzene rings is 1. The molecule has 0 aliphatic rings. The number of hydrogen-bond donors (Lipinski definition) is 3. The van der Waals surface area contributed by atoms with Gasteiger partial charge < -0.3 is 15.4 Å². The van der Waals surface area contributed by atoms with Crippen LogP contribution in [0.4, 0.5) is 15.9 Å². The Morgan fingerprint density at radius 1 is 1.38 bits per heavy atom. The van der Waals surface area contributed by atoms with E-state index in [-0.39, 0.29) is 17.9 Å². The van der Waals surface area contributed by atoms with Gasteiger partial charge in [0.2, 0.25) is 0 Å². The van der Waals surface area contributed by atoms with Crippen molar-refractivity contribution in [3.05, 3.63) is 60.3 Å². The van der Waals surface area contributed by atoms with Crippen LogP contribution >= 0.6 is 0 Å². The first-order chi connectivity index (χ1) is 16.0. The molecular formula is C22H25FN6O4S. The third kappa shape index (κ3) is 5.70. The van der Waals surface area contributed by atoms with Gasteiger partial charge in [-0.05, 0) is 37.4 Å². The van der Waals surface area contributed by atoms with Crippen LogP contribution in [0.5, 0.6) is 5.75 Å². The summed E-state index contributed by atoms with van der Waals surface area (Å²) in [6.07, 6.45) is 4.69. The van der Waals surface area contributed by atoms with Gasteiger partial charge in [0.1, 0.15) is 23.4 Å². The Hall–Kier alpha value is -3.93. The highest BCUT2D eigenvalue weighted by molar-refractivity contribution is 7.98. The van der Waals surface area contributed by atoms with E-state index in [0.29, 0.717) is 22.6 Å². The van der Waals surface area contributed by atoms with Crippen molar-refractivity contribution in [1.29, 1.82) is 0 Å². The van der Waals surface area contributed by atoms with Crippen LogP contribution in [0.1, 0.15) is 22.8 Å². The molecule has 2 amide bonds. The van der Waals surface area contributed by atoms with E-state index in [1.807, 2.05) is 0 Å². The van der Waals surface area contributed by atoms with Gasteiger partial charge >= 0.3 is 0 Å². The van der Waals surface area contributed by atoms with Crippen LogP contribution < -0.4 is 20.1 Å². The van der Waals surface area contributed by atoms with Gasteiger partial charge in [-0.25, -0.2) is 18.1 Å². The normalized spacial score (nSPS) is 13.5. The predicted octanol–water partition coefficient (Wildman–Crippen LogP) is 1.98. The van der Waals surface area contributed by atoms with Crippen molar-refractivity contribution in [2.45, 2.75) is 20.0 Å². The lowest BCUT2D eigenvalue weighted by Gasteiger charge is -2.18. The third-order valence-electron chi connectivity index (χ3n) is 4.67. The Kier molecular flexibility index (Phi) is 7.20. The Balaban J connectivity index is 1.96. The molecule has 1 aromatic carbocycles. The second kappa shape index (κ2) is 9.91. The molecule has 0 radical (unpaired) electrons. The average molecular weight is 489 g/mol. The van der Waals surface area contributed by atoms with Gasteiger partial charge in [-0.15, -0.1) is 6.58 Å². The molecule has 3 rings (SSSR count). The largest absolute Gasteiger partial charge is 0.479 e. The molecule has 0 aliphatic heterocycles. The fourth-order valence-corrected chi connectivity index (χ4v) is 3.62. The van der Waals surface area contributed by atoms with Gasteiger partial charge in [-0.1, -0.05) is 6.08 Å². The highest BCUT2D eigenvalue weighted by atomic mass is 32.2. The van der Waals surface area contributed by atoms with Crippen molar-refractivity contribution in [1.82, 2.24) is 24.6 Å². The second-order valence-electron chi connectivity index (χ2n) is 7.57. The average Bonchev–Trinajstić information content (AvgIpc) is 3.10. The van der Waals surface area contributed by atoms with Crippen LogP contribution in [0.2, 0.25) is 0 Å². The number of carbonyl (C=O) groups is 2. The van der Waals surface area contributed by atoms with E-state index >= 15 is 0 Å². The summed E-state index contributed by atoms with van der Waals surface area (Å²) < 4.78 is 35.4. The molecule has 10 nitrogen and oxygen atoms in total. The second-order valence-corrected chi connectivity index (χ2v) is 9.78. The topological polar surface area (TPSA) is 127 Å². The minimum absolute atomic E-state index is 0.0861. The number of amides is 2. The van der Waals surface area contributed by atoms with E-state index < -0.39 is 33.4 Å². The molecule has 2 unspecified atom stereocenters. The first-order valence-electron chi connectivity index (χ1n) is 10.1. The minimum Gasteiger partial charge on any atom is -0.479 e. The number of rotatable bonds is 9. The van der Waals surface area contributed by atoms with Crippen molar-refractivity contribution in [2.75, 3.05) is 18.1 Å².